The Morgan fingerprint density at radius 1 is 1.35 bits per heavy atom. The van der Waals surface area contributed by atoms with Gasteiger partial charge in [0, 0.05) is 37.3 Å². The van der Waals surface area contributed by atoms with Crippen LogP contribution in [-0.2, 0) is 20.0 Å². The third-order valence-corrected chi connectivity index (χ3v) is 4.39. The number of hydrogen-bond acceptors (Lipinski definition) is 4. The maximum Gasteiger partial charge on any atom is 0.215 e. The molecule has 26 heavy (non-hydrogen) atoms. The first-order valence-electron chi connectivity index (χ1n) is 8.53. The summed E-state index contributed by atoms with van der Waals surface area (Å²) in [7, 11) is 3.40. The average Bonchev–Trinajstić information content (AvgIpc) is 3.19. The minimum Gasteiger partial charge on any atom is -0.481 e. The largest absolute Gasteiger partial charge is 0.481 e. The predicted octanol–water partition coefficient (Wildman–Crippen LogP) is 3.10. The lowest BCUT2D eigenvalue weighted by Crippen LogP contribution is -1.99. The van der Waals surface area contributed by atoms with Gasteiger partial charge in [-0.15, -0.1) is 0 Å². The van der Waals surface area contributed by atoms with Crippen LogP contribution in [0.25, 0.3) is 11.3 Å². The Morgan fingerprint density at radius 3 is 2.73 bits per heavy atom. The van der Waals surface area contributed by atoms with Gasteiger partial charge in [-0.25, -0.2) is 9.07 Å². The molecule has 0 aliphatic carbocycles. The highest BCUT2D eigenvalue weighted by atomic mass is 19.1. The molecule has 0 fully saturated rings. The van der Waals surface area contributed by atoms with Crippen molar-refractivity contribution in [2.75, 3.05) is 7.11 Å². The highest BCUT2D eigenvalue weighted by Gasteiger charge is 2.22. The third-order valence-electron chi connectivity index (χ3n) is 4.39. The molecule has 138 valence electrons. The quantitative estimate of drug-likeness (QED) is 0.735. The van der Waals surface area contributed by atoms with E-state index in [4.69, 9.17) is 4.74 Å². The molecule has 2 heterocycles. The van der Waals surface area contributed by atoms with Crippen molar-refractivity contribution in [1.29, 1.82) is 0 Å². The summed E-state index contributed by atoms with van der Waals surface area (Å²) in [5, 5.41) is 19.0. The van der Waals surface area contributed by atoms with Crippen molar-refractivity contribution in [1.82, 2.24) is 19.6 Å². The summed E-state index contributed by atoms with van der Waals surface area (Å²) >= 11 is 0. The van der Waals surface area contributed by atoms with Crippen LogP contribution in [0.5, 0.6) is 5.88 Å². The second-order valence-electron chi connectivity index (χ2n) is 6.25. The molecule has 0 amide bonds. The van der Waals surface area contributed by atoms with Crippen molar-refractivity contribution < 1.29 is 14.2 Å². The van der Waals surface area contributed by atoms with Crippen LogP contribution in [0.1, 0.15) is 36.6 Å². The van der Waals surface area contributed by atoms with Gasteiger partial charge in [0.2, 0.25) is 5.88 Å². The number of aliphatic hydroxyl groups excluding tert-OH is 1. The maximum atomic E-state index is 13.7. The average molecular weight is 358 g/mol. The maximum absolute atomic E-state index is 13.7. The number of methoxy groups -OCH3 is 1. The Balaban J connectivity index is 2.14. The van der Waals surface area contributed by atoms with Gasteiger partial charge in [-0.05, 0) is 43.2 Å². The number of rotatable bonds is 6. The van der Waals surface area contributed by atoms with Gasteiger partial charge in [-0.3, -0.25) is 4.68 Å². The van der Waals surface area contributed by atoms with E-state index >= 15 is 0 Å². The first-order valence-corrected chi connectivity index (χ1v) is 8.53. The molecule has 1 N–H and O–H groups in total. The lowest BCUT2D eigenvalue weighted by atomic mass is 9.96. The summed E-state index contributed by atoms with van der Waals surface area (Å²) in [6, 6.07) is 4.37. The molecule has 0 bridgehead atoms. The Morgan fingerprint density at radius 2 is 2.12 bits per heavy atom. The van der Waals surface area contributed by atoms with Crippen molar-refractivity contribution in [3.8, 4) is 17.1 Å². The predicted molar refractivity (Wildman–Crippen MR) is 96.5 cm³/mol. The number of nitrogens with zero attached hydrogens (tertiary/aromatic N) is 4. The van der Waals surface area contributed by atoms with E-state index in [1.54, 1.807) is 31.8 Å². The molecule has 0 saturated heterocycles. The molecular weight excluding hydrogens is 335 g/mol. The van der Waals surface area contributed by atoms with E-state index in [0.29, 0.717) is 29.1 Å². The van der Waals surface area contributed by atoms with E-state index in [9.17, 15) is 9.50 Å². The summed E-state index contributed by atoms with van der Waals surface area (Å²) in [4.78, 5) is 0. The highest BCUT2D eigenvalue weighted by molar-refractivity contribution is 5.70. The topological polar surface area (TPSA) is 65.1 Å². The molecule has 0 aliphatic rings. The molecule has 0 radical (unpaired) electrons. The van der Waals surface area contributed by atoms with Gasteiger partial charge >= 0.3 is 0 Å². The first kappa shape index (κ1) is 18.1. The van der Waals surface area contributed by atoms with Gasteiger partial charge in [0.1, 0.15) is 11.5 Å². The highest BCUT2D eigenvalue weighted by Crippen LogP contribution is 2.36. The van der Waals surface area contributed by atoms with Crippen LogP contribution in [-0.4, -0.2) is 31.8 Å². The van der Waals surface area contributed by atoms with Gasteiger partial charge in [0.15, 0.2) is 0 Å². The minimum atomic E-state index is -0.815. The summed E-state index contributed by atoms with van der Waals surface area (Å²) in [5.74, 6) is 0.239. The number of halogens is 1. The minimum absolute atomic E-state index is 0.390. The Bertz CT molecular complexity index is 914. The molecule has 1 atom stereocenters. The van der Waals surface area contributed by atoms with E-state index < -0.39 is 11.9 Å². The molecule has 1 aromatic carbocycles. The second kappa shape index (κ2) is 7.29. The lowest BCUT2D eigenvalue weighted by Gasteiger charge is -2.12. The fraction of sp³-hybridized carbons (Fsp3) is 0.368. The van der Waals surface area contributed by atoms with E-state index in [1.807, 2.05) is 24.0 Å². The van der Waals surface area contributed by atoms with Gasteiger partial charge in [0.25, 0.3) is 0 Å². The van der Waals surface area contributed by atoms with Gasteiger partial charge < -0.3 is 9.84 Å². The van der Waals surface area contributed by atoms with Crippen LogP contribution in [0.4, 0.5) is 4.39 Å². The molecule has 2 aromatic heterocycles. The number of aliphatic hydroxyl groups is 1. The molecule has 7 heteroatoms. The Labute approximate surface area is 151 Å². The molecule has 0 unspecified atom stereocenters. The normalized spacial score (nSPS) is 12.4. The Kier molecular flexibility index (Phi) is 5.08. The third kappa shape index (κ3) is 3.35. The zero-order valence-corrected chi connectivity index (χ0v) is 15.4. The van der Waals surface area contributed by atoms with E-state index in [1.165, 1.54) is 12.1 Å². The molecule has 0 spiro atoms. The molecule has 0 saturated carbocycles. The van der Waals surface area contributed by atoms with Crippen LogP contribution in [0.15, 0.2) is 30.6 Å². The molecule has 3 aromatic rings. The molecular formula is C19H23FN4O2. The fourth-order valence-corrected chi connectivity index (χ4v) is 3.15. The number of aromatic nitrogens is 4. The van der Waals surface area contributed by atoms with Crippen LogP contribution < -0.4 is 4.74 Å². The standard InChI is InChI=1S/C19H23FN4O2/c1-5-24-11-13(10-21-24)8-17-18(22-23(3)19(17)26-4)15-7-6-14(20)9-16(15)12(2)25/h6-7,9-12,25H,5,8H2,1-4H3/t12-/m1/s1. The van der Waals surface area contributed by atoms with Gasteiger partial charge in [0.05, 0.1) is 19.4 Å². The van der Waals surface area contributed by atoms with Crippen molar-refractivity contribution in [3.05, 3.63) is 53.1 Å². The first-order chi connectivity index (χ1) is 12.4. The van der Waals surface area contributed by atoms with Crippen molar-refractivity contribution in [2.24, 2.45) is 7.05 Å². The SMILES string of the molecule is CCn1cc(Cc2c(-c3ccc(F)cc3[C@@H](C)O)nn(C)c2OC)cn1. The van der Waals surface area contributed by atoms with Crippen molar-refractivity contribution in [2.45, 2.75) is 32.9 Å². The van der Waals surface area contributed by atoms with Crippen LogP contribution >= 0.6 is 0 Å². The zero-order valence-electron chi connectivity index (χ0n) is 15.4. The Hall–Kier alpha value is -2.67. The fourth-order valence-electron chi connectivity index (χ4n) is 3.15. The summed E-state index contributed by atoms with van der Waals surface area (Å²) in [6.07, 6.45) is 3.56. The van der Waals surface area contributed by atoms with Crippen molar-refractivity contribution >= 4 is 0 Å². The monoisotopic (exact) mass is 358 g/mol. The summed E-state index contributed by atoms with van der Waals surface area (Å²) < 4.78 is 22.7. The lowest BCUT2D eigenvalue weighted by molar-refractivity contribution is 0.199. The number of benzene rings is 1. The number of aryl methyl sites for hydroxylation is 2. The number of ether oxygens (including phenoxy) is 1. The van der Waals surface area contributed by atoms with Crippen LogP contribution in [0, 0.1) is 5.82 Å². The zero-order chi connectivity index (χ0) is 18.8. The van der Waals surface area contributed by atoms with Gasteiger partial charge in [-0.1, -0.05) is 0 Å². The van der Waals surface area contributed by atoms with Crippen LogP contribution in [0.3, 0.4) is 0 Å². The van der Waals surface area contributed by atoms with Crippen molar-refractivity contribution in [3.63, 3.8) is 0 Å². The van der Waals surface area contributed by atoms with Crippen LogP contribution in [0.2, 0.25) is 0 Å². The van der Waals surface area contributed by atoms with E-state index in [0.717, 1.165) is 17.7 Å². The smallest absolute Gasteiger partial charge is 0.215 e. The van der Waals surface area contributed by atoms with E-state index in [-0.39, 0.29) is 0 Å². The summed E-state index contributed by atoms with van der Waals surface area (Å²) in [5.41, 5.74) is 3.76. The summed E-state index contributed by atoms with van der Waals surface area (Å²) in [6.45, 7) is 4.44. The second-order valence-corrected chi connectivity index (χ2v) is 6.25. The number of hydrogen-bond donors (Lipinski definition) is 1. The van der Waals surface area contributed by atoms with E-state index in [2.05, 4.69) is 10.2 Å². The molecule has 6 nitrogen and oxygen atoms in total. The molecule has 3 rings (SSSR count). The molecule has 0 aliphatic heterocycles. The van der Waals surface area contributed by atoms with Gasteiger partial charge in [-0.2, -0.15) is 10.2 Å².